The summed E-state index contributed by atoms with van der Waals surface area (Å²) in [6.07, 6.45) is 2.92. The number of methoxy groups -OCH3 is 1. The van der Waals surface area contributed by atoms with Gasteiger partial charge >= 0.3 is 0 Å². The average Bonchev–Trinajstić information content (AvgIpc) is 3.31. The van der Waals surface area contributed by atoms with Crippen molar-refractivity contribution in [1.29, 1.82) is 5.26 Å². The van der Waals surface area contributed by atoms with Crippen molar-refractivity contribution in [3.05, 3.63) is 24.1 Å². The second-order valence-electron chi connectivity index (χ2n) is 5.81. The number of piperidine rings is 1. The fraction of sp³-hybridized carbons (Fsp3) is 0.471. The van der Waals surface area contributed by atoms with Crippen LogP contribution < -0.4 is 10.2 Å². The topological polar surface area (TPSA) is 105 Å². The maximum atomic E-state index is 12.1. The molecular weight excluding hydrogens is 324 g/mol. The van der Waals surface area contributed by atoms with Gasteiger partial charge < -0.3 is 23.8 Å². The zero-order chi connectivity index (χ0) is 17.6. The first-order chi connectivity index (χ1) is 12.2. The van der Waals surface area contributed by atoms with E-state index >= 15 is 0 Å². The number of oxazole rings is 1. The molecule has 2 aromatic rings. The van der Waals surface area contributed by atoms with Crippen LogP contribution in [0, 0.1) is 17.2 Å². The number of amides is 1. The molecule has 2 aromatic heterocycles. The molecule has 0 aliphatic carbocycles. The summed E-state index contributed by atoms with van der Waals surface area (Å²) in [6.45, 7) is 2.28. The van der Waals surface area contributed by atoms with E-state index in [1.807, 2.05) is 4.90 Å². The van der Waals surface area contributed by atoms with Crippen LogP contribution in [-0.2, 0) is 9.53 Å². The largest absolute Gasteiger partial charge is 0.459 e. The Morgan fingerprint density at radius 2 is 2.32 bits per heavy atom. The molecular formula is C17H20N4O4. The molecule has 1 aliphatic rings. The quantitative estimate of drug-likeness (QED) is 0.796. The Hall–Kier alpha value is -2.79. The minimum absolute atomic E-state index is 0.0360. The highest BCUT2D eigenvalue weighted by Gasteiger charge is 2.29. The van der Waals surface area contributed by atoms with Crippen molar-refractivity contribution in [3.8, 4) is 17.7 Å². The molecule has 1 saturated heterocycles. The SMILES string of the molecule is COCCNC(=O)C1CCN(c2oc(-c3ccco3)nc2C#N)CC1. The molecule has 132 valence electrons. The molecule has 0 spiro atoms. The van der Waals surface area contributed by atoms with Gasteiger partial charge in [-0.05, 0) is 25.0 Å². The minimum atomic E-state index is -0.0360. The smallest absolute Gasteiger partial charge is 0.266 e. The third-order valence-electron chi connectivity index (χ3n) is 4.21. The van der Waals surface area contributed by atoms with Gasteiger partial charge in [0.1, 0.15) is 6.07 Å². The first-order valence-corrected chi connectivity index (χ1v) is 8.19. The van der Waals surface area contributed by atoms with Crippen LogP contribution in [0.5, 0.6) is 0 Å². The lowest BCUT2D eigenvalue weighted by molar-refractivity contribution is -0.125. The predicted molar refractivity (Wildman–Crippen MR) is 88.7 cm³/mol. The lowest BCUT2D eigenvalue weighted by atomic mass is 9.96. The number of hydrogen-bond acceptors (Lipinski definition) is 7. The van der Waals surface area contributed by atoms with Crippen LogP contribution in [0.15, 0.2) is 27.2 Å². The molecule has 0 unspecified atom stereocenters. The van der Waals surface area contributed by atoms with E-state index in [4.69, 9.17) is 13.6 Å². The Kier molecular flexibility index (Phi) is 5.36. The van der Waals surface area contributed by atoms with Gasteiger partial charge in [-0.2, -0.15) is 10.2 Å². The molecule has 0 bridgehead atoms. The number of nitrogens with zero attached hydrogens (tertiary/aromatic N) is 3. The van der Waals surface area contributed by atoms with E-state index in [1.54, 1.807) is 19.2 Å². The molecule has 0 aromatic carbocycles. The van der Waals surface area contributed by atoms with Gasteiger partial charge in [0.25, 0.3) is 5.89 Å². The highest BCUT2D eigenvalue weighted by atomic mass is 16.5. The van der Waals surface area contributed by atoms with Gasteiger partial charge in [-0.15, -0.1) is 0 Å². The number of furan rings is 1. The standard InChI is InChI=1S/C17H20N4O4/c1-23-10-6-19-15(22)12-4-7-21(8-5-12)17-13(11-18)20-16(25-17)14-3-2-9-24-14/h2-3,9,12H,4-8,10H2,1H3,(H,19,22). The summed E-state index contributed by atoms with van der Waals surface area (Å²) in [4.78, 5) is 18.3. The van der Waals surface area contributed by atoms with E-state index in [0.717, 1.165) is 0 Å². The maximum Gasteiger partial charge on any atom is 0.266 e. The molecule has 1 aliphatic heterocycles. The minimum Gasteiger partial charge on any atom is -0.459 e. The highest BCUT2D eigenvalue weighted by Crippen LogP contribution is 2.31. The number of hydrogen-bond donors (Lipinski definition) is 1. The zero-order valence-electron chi connectivity index (χ0n) is 14.0. The van der Waals surface area contributed by atoms with Crippen LogP contribution in [0.1, 0.15) is 18.5 Å². The van der Waals surface area contributed by atoms with E-state index in [9.17, 15) is 10.1 Å². The van der Waals surface area contributed by atoms with E-state index in [0.29, 0.717) is 50.7 Å². The number of ether oxygens (including phenoxy) is 1. The molecule has 1 amide bonds. The van der Waals surface area contributed by atoms with Crippen molar-refractivity contribution < 1.29 is 18.4 Å². The Morgan fingerprint density at radius 3 is 2.96 bits per heavy atom. The van der Waals surface area contributed by atoms with Gasteiger partial charge in [0.15, 0.2) is 5.76 Å². The Labute approximate surface area is 145 Å². The normalized spacial score (nSPS) is 15.1. The molecule has 0 atom stereocenters. The summed E-state index contributed by atoms with van der Waals surface area (Å²) >= 11 is 0. The molecule has 8 heteroatoms. The summed E-state index contributed by atoms with van der Waals surface area (Å²) in [6, 6.07) is 5.53. The van der Waals surface area contributed by atoms with Gasteiger partial charge in [-0.25, -0.2) is 0 Å². The maximum absolute atomic E-state index is 12.1. The van der Waals surface area contributed by atoms with E-state index < -0.39 is 0 Å². The lowest BCUT2D eigenvalue weighted by Crippen LogP contribution is -2.41. The van der Waals surface area contributed by atoms with Crippen molar-refractivity contribution in [2.75, 3.05) is 38.3 Å². The molecule has 8 nitrogen and oxygen atoms in total. The fourth-order valence-electron chi connectivity index (χ4n) is 2.87. The molecule has 1 N–H and O–H groups in total. The van der Waals surface area contributed by atoms with Crippen molar-refractivity contribution in [1.82, 2.24) is 10.3 Å². The Balaban J connectivity index is 1.63. The highest BCUT2D eigenvalue weighted by molar-refractivity contribution is 5.79. The van der Waals surface area contributed by atoms with Gasteiger partial charge in [-0.3, -0.25) is 4.79 Å². The second-order valence-corrected chi connectivity index (χ2v) is 5.81. The molecule has 0 radical (unpaired) electrons. The number of carbonyl (C=O) groups is 1. The first kappa shape index (κ1) is 17.0. The average molecular weight is 344 g/mol. The molecule has 25 heavy (non-hydrogen) atoms. The number of rotatable bonds is 6. The third-order valence-corrected chi connectivity index (χ3v) is 4.21. The lowest BCUT2D eigenvalue weighted by Gasteiger charge is -2.30. The van der Waals surface area contributed by atoms with Crippen molar-refractivity contribution in [2.24, 2.45) is 5.92 Å². The third kappa shape index (κ3) is 3.83. The number of aromatic nitrogens is 1. The first-order valence-electron chi connectivity index (χ1n) is 8.19. The van der Waals surface area contributed by atoms with Crippen LogP contribution in [0.3, 0.4) is 0 Å². The molecule has 0 saturated carbocycles. The van der Waals surface area contributed by atoms with Crippen LogP contribution in [0.4, 0.5) is 5.88 Å². The molecule has 1 fully saturated rings. The fourth-order valence-corrected chi connectivity index (χ4v) is 2.87. The Morgan fingerprint density at radius 1 is 1.52 bits per heavy atom. The Bertz CT molecular complexity index is 739. The number of nitriles is 1. The number of nitrogens with one attached hydrogen (secondary N) is 1. The summed E-state index contributed by atoms with van der Waals surface area (Å²) < 4.78 is 15.9. The van der Waals surface area contributed by atoms with Gasteiger partial charge in [0.2, 0.25) is 17.5 Å². The van der Waals surface area contributed by atoms with E-state index in [-0.39, 0.29) is 23.4 Å². The second kappa shape index (κ2) is 7.85. The van der Waals surface area contributed by atoms with E-state index in [1.165, 1.54) is 6.26 Å². The molecule has 3 heterocycles. The summed E-state index contributed by atoms with van der Waals surface area (Å²) in [7, 11) is 1.60. The summed E-state index contributed by atoms with van der Waals surface area (Å²) in [5.74, 6) is 1.22. The van der Waals surface area contributed by atoms with Crippen LogP contribution >= 0.6 is 0 Å². The van der Waals surface area contributed by atoms with Gasteiger partial charge in [0.05, 0.1) is 12.9 Å². The van der Waals surface area contributed by atoms with Crippen molar-refractivity contribution in [3.63, 3.8) is 0 Å². The zero-order valence-corrected chi connectivity index (χ0v) is 14.0. The number of anilines is 1. The van der Waals surface area contributed by atoms with Gasteiger partial charge in [0, 0.05) is 32.7 Å². The van der Waals surface area contributed by atoms with Crippen LogP contribution in [0.25, 0.3) is 11.7 Å². The molecule has 3 rings (SSSR count). The van der Waals surface area contributed by atoms with Gasteiger partial charge in [-0.1, -0.05) is 0 Å². The van der Waals surface area contributed by atoms with Crippen molar-refractivity contribution >= 4 is 11.8 Å². The monoisotopic (exact) mass is 344 g/mol. The van der Waals surface area contributed by atoms with Crippen molar-refractivity contribution in [2.45, 2.75) is 12.8 Å². The summed E-state index contributed by atoms with van der Waals surface area (Å²) in [5, 5.41) is 12.2. The predicted octanol–water partition coefficient (Wildman–Crippen LogP) is 1.79. The van der Waals surface area contributed by atoms with Crippen LogP contribution in [0.2, 0.25) is 0 Å². The summed E-state index contributed by atoms with van der Waals surface area (Å²) in [5.41, 5.74) is 0.231. The van der Waals surface area contributed by atoms with Crippen LogP contribution in [-0.4, -0.2) is 44.2 Å². The van der Waals surface area contributed by atoms with E-state index in [2.05, 4.69) is 16.4 Å². The number of carbonyl (C=O) groups excluding carboxylic acids is 1.